The van der Waals surface area contributed by atoms with Crippen molar-refractivity contribution in [3.8, 4) is 0 Å². The first-order valence-electron chi connectivity index (χ1n) is 4.22. The maximum Gasteiger partial charge on any atom is 0.150 e. The number of aliphatic imine (C=N–C) groups is 1. The molecule has 0 saturated heterocycles. The van der Waals surface area contributed by atoms with Crippen molar-refractivity contribution in [3.63, 3.8) is 0 Å². The Bertz CT molecular complexity index is 347. The SMILES string of the molecule is O=Cc1cccc(N2C=NCC2)c1. The number of anilines is 1. The van der Waals surface area contributed by atoms with Gasteiger partial charge in [-0.05, 0) is 12.1 Å². The average Bonchev–Trinajstić information content (AvgIpc) is 2.71. The molecule has 3 heteroatoms. The predicted molar refractivity (Wildman–Crippen MR) is 52.5 cm³/mol. The molecule has 1 aromatic rings. The van der Waals surface area contributed by atoms with Gasteiger partial charge in [0.15, 0.2) is 0 Å². The third-order valence-corrected chi connectivity index (χ3v) is 2.03. The van der Waals surface area contributed by atoms with Gasteiger partial charge in [-0.1, -0.05) is 12.1 Å². The summed E-state index contributed by atoms with van der Waals surface area (Å²) >= 11 is 0. The molecule has 0 spiro atoms. The molecule has 0 atom stereocenters. The van der Waals surface area contributed by atoms with Gasteiger partial charge in [-0.3, -0.25) is 9.79 Å². The van der Waals surface area contributed by atoms with E-state index in [1.807, 2.05) is 29.4 Å². The van der Waals surface area contributed by atoms with E-state index in [4.69, 9.17) is 0 Å². The van der Waals surface area contributed by atoms with Crippen LogP contribution in [0.3, 0.4) is 0 Å². The minimum absolute atomic E-state index is 0.706. The lowest BCUT2D eigenvalue weighted by molar-refractivity contribution is 0.112. The minimum atomic E-state index is 0.706. The Morgan fingerprint density at radius 2 is 2.38 bits per heavy atom. The number of nitrogens with zero attached hydrogens (tertiary/aromatic N) is 2. The Balaban J connectivity index is 2.29. The van der Waals surface area contributed by atoms with Crippen LogP contribution in [-0.4, -0.2) is 25.7 Å². The molecule has 1 heterocycles. The van der Waals surface area contributed by atoms with Gasteiger partial charge in [-0.25, -0.2) is 0 Å². The van der Waals surface area contributed by atoms with E-state index in [1.54, 1.807) is 6.07 Å². The van der Waals surface area contributed by atoms with Gasteiger partial charge in [0, 0.05) is 17.8 Å². The molecule has 1 aromatic carbocycles. The highest BCUT2D eigenvalue weighted by molar-refractivity contribution is 5.84. The number of hydrogen-bond donors (Lipinski definition) is 0. The van der Waals surface area contributed by atoms with E-state index in [-0.39, 0.29) is 0 Å². The van der Waals surface area contributed by atoms with Gasteiger partial charge in [0.05, 0.1) is 12.9 Å². The fraction of sp³-hybridized carbons (Fsp3) is 0.200. The molecule has 66 valence electrons. The van der Waals surface area contributed by atoms with Crippen molar-refractivity contribution in [2.24, 2.45) is 4.99 Å². The second-order valence-corrected chi connectivity index (χ2v) is 2.93. The number of carbonyl (C=O) groups excluding carboxylic acids is 1. The summed E-state index contributed by atoms with van der Waals surface area (Å²) in [6.45, 7) is 1.74. The highest BCUT2D eigenvalue weighted by Crippen LogP contribution is 2.15. The molecule has 1 aliphatic heterocycles. The van der Waals surface area contributed by atoms with E-state index in [9.17, 15) is 4.79 Å². The molecule has 0 fully saturated rings. The van der Waals surface area contributed by atoms with E-state index in [1.165, 1.54) is 0 Å². The van der Waals surface area contributed by atoms with Crippen LogP contribution in [0.15, 0.2) is 29.3 Å². The number of aldehydes is 1. The second-order valence-electron chi connectivity index (χ2n) is 2.93. The predicted octanol–water partition coefficient (Wildman–Crippen LogP) is 1.35. The summed E-state index contributed by atoms with van der Waals surface area (Å²) in [6.07, 6.45) is 2.67. The summed E-state index contributed by atoms with van der Waals surface area (Å²) < 4.78 is 0. The Labute approximate surface area is 76.7 Å². The number of rotatable bonds is 2. The van der Waals surface area contributed by atoms with Crippen molar-refractivity contribution in [2.45, 2.75) is 0 Å². The molecule has 2 rings (SSSR count). The van der Waals surface area contributed by atoms with Crippen LogP contribution in [0.25, 0.3) is 0 Å². The Morgan fingerprint density at radius 3 is 3.08 bits per heavy atom. The molecule has 0 bridgehead atoms. The normalized spacial score (nSPS) is 14.9. The zero-order valence-electron chi connectivity index (χ0n) is 7.18. The molecule has 1 aliphatic rings. The second kappa shape index (κ2) is 3.39. The smallest absolute Gasteiger partial charge is 0.150 e. The largest absolute Gasteiger partial charge is 0.331 e. The first-order valence-corrected chi connectivity index (χ1v) is 4.22. The number of hydrogen-bond acceptors (Lipinski definition) is 3. The zero-order valence-corrected chi connectivity index (χ0v) is 7.18. The standard InChI is InChI=1S/C10H10N2O/c13-7-9-2-1-3-10(6-9)12-5-4-11-8-12/h1-3,6-8H,4-5H2. The van der Waals surface area contributed by atoms with Crippen molar-refractivity contribution in [2.75, 3.05) is 18.0 Å². The van der Waals surface area contributed by atoms with Gasteiger partial charge in [-0.2, -0.15) is 0 Å². The summed E-state index contributed by atoms with van der Waals surface area (Å²) in [4.78, 5) is 16.7. The Hall–Kier alpha value is -1.64. The number of carbonyl (C=O) groups is 1. The van der Waals surface area contributed by atoms with Gasteiger partial charge in [0.1, 0.15) is 6.29 Å². The molecule has 0 saturated carbocycles. The van der Waals surface area contributed by atoms with Crippen LogP contribution in [0.5, 0.6) is 0 Å². The molecule has 0 unspecified atom stereocenters. The first-order chi connectivity index (χ1) is 6.40. The average molecular weight is 174 g/mol. The fourth-order valence-corrected chi connectivity index (χ4v) is 1.35. The topological polar surface area (TPSA) is 32.7 Å². The highest BCUT2D eigenvalue weighted by atomic mass is 16.1. The summed E-state index contributed by atoms with van der Waals surface area (Å²) in [7, 11) is 0. The van der Waals surface area contributed by atoms with Gasteiger partial charge >= 0.3 is 0 Å². The van der Waals surface area contributed by atoms with Crippen molar-refractivity contribution in [1.29, 1.82) is 0 Å². The van der Waals surface area contributed by atoms with Crippen molar-refractivity contribution in [3.05, 3.63) is 29.8 Å². The molecule has 0 aromatic heterocycles. The van der Waals surface area contributed by atoms with Gasteiger partial charge in [0.25, 0.3) is 0 Å². The van der Waals surface area contributed by atoms with Crippen LogP contribution in [0, 0.1) is 0 Å². The highest BCUT2D eigenvalue weighted by Gasteiger charge is 2.07. The fourth-order valence-electron chi connectivity index (χ4n) is 1.35. The van der Waals surface area contributed by atoms with Crippen LogP contribution >= 0.6 is 0 Å². The lowest BCUT2D eigenvalue weighted by Gasteiger charge is -2.13. The van der Waals surface area contributed by atoms with Gasteiger partial charge < -0.3 is 4.90 Å². The molecule has 0 aliphatic carbocycles. The third-order valence-electron chi connectivity index (χ3n) is 2.03. The number of benzene rings is 1. The van der Waals surface area contributed by atoms with Crippen LogP contribution in [0.2, 0.25) is 0 Å². The van der Waals surface area contributed by atoms with E-state index < -0.39 is 0 Å². The molecule has 0 amide bonds. The van der Waals surface area contributed by atoms with Crippen LogP contribution in [0.4, 0.5) is 5.69 Å². The Kier molecular flexibility index (Phi) is 2.08. The lowest BCUT2D eigenvalue weighted by Crippen LogP contribution is -2.18. The summed E-state index contributed by atoms with van der Waals surface area (Å²) in [5.74, 6) is 0. The molecule has 13 heavy (non-hydrogen) atoms. The van der Waals surface area contributed by atoms with Crippen molar-refractivity contribution < 1.29 is 4.79 Å². The van der Waals surface area contributed by atoms with E-state index in [0.717, 1.165) is 25.1 Å². The molecule has 0 N–H and O–H groups in total. The van der Waals surface area contributed by atoms with Crippen molar-refractivity contribution in [1.82, 2.24) is 0 Å². The van der Waals surface area contributed by atoms with E-state index in [2.05, 4.69) is 4.99 Å². The lowest BCUT2D eigenvalue weighted by atomic mass is 10.2. The minimum Gasteiger partial charge on any atom is -0.331 e. The van der Waals surface area contributed by atoms with Crippen LogP contribution in [-0.2, 0) is 0 Å². The molecule has 3 nitrogen and oxygen atoms in total. The zero-order chi connectivity index (χ0) is 9.10. The maximum atomic E-state index is 10.5. The van der Waals surface area contributed by atoms with Gasteiger partial charge in [0.2, 0.25) is 0 Å². The summed E-state index contributed by atoms with van der Waals surface area (Å²) in [6, 6.07) is 7.52. The first kappa shape index (κ1) is 7.98. The Morgan fingerprint density at radius 1 is 1.46 bits per heavy atom. The van der Waals surface area contributed by atoms with Gasteiger partial charge in [-0.15, -0.1) is 0 Å². The van der Waals surface area contributed by atoms with E-state index in [0.29, 0.717) is 5.56 Å². The third kappa shape index (κ3) is 1.59. The monoisotopic (exact) mass is 174 g/mol. The summed E-state index contributed by atoms with van der Waals surface area (Å²) in [5, 5.41) is 0. The van der Waals surface area contributed by atoms with Crippen LogP contribution < -0.4 is 4.90 Å². The molecular formula is C10H10N2O. The van der Waals surface area contributed by atoms with Crippen molar-refractivity contribution >= 4 is 18.3 Å². The summed E-state index contributed by atoms with van der Waals surface area (Å²) in [5.41, 5.74) is 1.74. The molecule has 0 radical (unpaired) electrons. The van der Waals surface area contributed by atoms with Crippen LogP contribution in [0.1, 0.15) is 10.4 Å². The maximum absolute atomic E-state index is 10.5. The quantitative estimate of drug-likeness (QED) is 0.634. The van der Waals surface area contributed by atoms with E-state index >= 15 is 0 Å². The molecular weight excluding hydrogens is 164 g/mol.